The van der Waals surface area contributed by atoms with Gasteiger partial charge in [-0.3, -0.25) is 4.79 Å². The van der Waals surface area contributed by atoms with Crippen molar-refractivity contribution in [1.82, 2.24) is 4.90 Å². The first-order valence-corrected chi connectivity index (χ1v) is 6.18. The van der Waals surface area contributed by atoms with Gasteiger partial charge in [0.1, 0.15) is 0 Å². The van der Waals surface area contributed by atoms with Gasteiger partial charge >= 0.3 is 0 Å². The number of carbonyl (C=O) groups is 1. The number of allylic oxidation sites excluding steroid dienone is 1. The number of rotatable bonds is 2. The smallest absolute Gasteiger partial charge is 0.246 e. The number of morpholine rings is 1. The standard InChI is InChI=1S/C13H21NO2/c1-9(12-4-5-12)6-13(15)14-7-11(3)16-8-10(14)2/h6,10-12H,4-5,7-8H2,1-3H3/b9-6-/t10-,11+/m1/s1. The Morgan fingerprint density at radius 2 is 2.06 bits per heavy atom. The summed E-state index contributed by atoms with van der Waals surface area (Å²) in [4.78, 5) is 14.0. The summed E-state index contributed by atoms with van der Waals surface area (Å²) in [5.74, 6) is 0.838. The lowest BCUT2D eigenvalue weighted by atomic mass is 10.1. The highest BCUT2D eigenvalue weighted by Crippen LogP contribution is 2.36. The zero-order chi connectivity index (χ0) is 11.7. The molecule has 1 aliphatic carbocycles. The van der Waals surface area contributed by atoms with Crippen molar-refractivity contribution in [3.63, 3.8) is 0 Å². The monoisotopic (exact) mass is 223 g/mol. The third kappa shape index (κ3) is 2.64. The fourth-order valence-electron chi connectivity index (χ4n) is 2.14. The summed E-state index contributed by atoms with van der Waals surface area (Å²) in [6.45, 7) is 7.51. The summed E-state index contributed by atoms with van der Waals surface area (Å²) in [6, 6.07) is 0.201. The molecule has 1 aliphatic heterocycles. The molecule has 0 unspecified atom stereocenters. The summed E-state index contributed by atoms with van der Waals surface area (Å²) in [7, 11) is 0. The van der Waals surface area contributed by atoms with Crippen LogP contribution in [0, 0.1) is 5.92 Å². The number of amides is 1. The molecule has 0 spiro atoms. The maximum Gasteiger partial charge on any atom is 0.246 e. The van der Waals surface area contributed by atoms with E-state index in [1.165, 1.54) is 18.4 Å². The van der Waals surface area contributed by atoms with Crippen LogP contribution in [0.3, 0.4) is 0 Å². The Bertz CT molecular complexity index is 307. The zero-order valence-corrected chi connectivity index (χ0v) is 10.4. The van der Waals surface area contributed by atoms with Gasteiger partial charge in [0, 0.05) is 12.6 Å². The lowest BCUT2D eigenvalue weighted by Crippen LogP contribution is -2.49. The van der Waals surface area contributed by atoms with E-state index < -0.39 is 0 Å². The highest BCUT2D eigenvalue weighted by Gasteiger charge is 2.28. The molecule has 1 saturated heterocycles. The molecule has 0 aromatic heterocycles. The number of carbonyl (C=O) groups excluding carboxylic acids is 1. The summed E-state index contributed by atoms with van der Waals surface area (Å²) < 4.78 is 5.52. The largest absolute Gasteiger partial charge is 0.375 e. The quantitative estimate of drug-likeness (QED) is 0.670. The fraction of sp³-hybridized carbons (Fsp3) is 0.769. The predicted molar refractivity (Wildman–Crippen MR) is 63.1 cm³/mol. The van der Waals surface area contributed by atoms with Crippen LogP contribution in [0.4, 0.5) is 0 Å². The molecule has 2 fully saturated rings. The van der Waals surface area contributed by atoms with E-state index in [2.05, 4.69) is 6.92 Å². The van der Waals surface area contributed by atoms with Crippen LogP contribution in [-0.4, -0.2) is 36.1 Å². The van der Waals surface area contributed by atoms with Crippen molar-refractivity contribution in [2.45, 2.75) is 45.8 Å². The molecule has 90 valence electrons. The summed E-state index contributed by atoms with van der Waals surface area (Å²) in [6.07, 6.45) is 4.50. The second kappa shape index (κ2) is 4.58. The second-order valence-corrected chi connectivity index (χ2v) is 5.15. The predicted octanol–water partition coefficient (Wildman–Crippen LogP) is 1.98. The molecular formula is C13H21NO2. The van der Waals surface area contributed by atoms with Crippen LogP contribution < -0.4 is 0 Å². The van der Waals surface area contributed by atoms with Gasteiger partial charge in [0.05, 0.1) is 18.8 Å². The molecule has 0 aromatic carbocycles. The van der Waals surface area contributed by atoms with E-state index in [9.17, 15) is 4.79 Å². The number of hydrogen-bond donors (Lipinski definition) is 0. The third-order valence-electron chi connectivity index (χ3n) is 3.46. The van der Waals surface area contributed by atoms with E-state index in [0.29, 0.717) is 19.1 Å². The van der Waals surface area contributed by atoms with E-state index >= 15 is 0 Å². The minimum Gasteiger partial charge on any atom is -0.375 e. The van der Waals surface area contributed by atoms with Crippen LogP contribution in [0.15, 0.2) is 11.6 Å². The van der Waals surface area contributed by atoms with Gasteiger partial charge in [-0.05, 0) is 39.5 Å². The van der Waals surface area contributed by atoms with E-state index in [0.717, 1.165) is 0 Å². The summed E-state index contributed by atoms with van der Waals surface area (Å²) >= 11 is 0. The Kier molecular flexibility index (Phi) is 3.33. The molecule has 3 heteroatoms. The Morgan fingerprint density at radius 3 is 2.69 bits per heavy atom. The Labute approximate surface area is 97.5 Å². The maximum absolute atomic E-state index is 12.1. The maximum atomic E-state index is 12.1. The molecule has 0 radical (unpaired) electrons. The van der Waals surface area contributed by atoms with Crippen LogP contribution >= 0.6 is 0 Å². The molecule has 3 nitrogen and oxygen atoms in total. The second-order valence-electron chi connectivity index (χ2n) is 5.15. The average molecular weight is 223 g/mol. The van der Waals surface area contributed by atoms with E-state index in [4.69, 9.17) is 4.74 Å². The minimum atomic E-state index is 0.159. The molecule has 1 saturated carbocycles. The summed E-state index contributed by atoms with van der Waals surface area (Å²) in [5.41, 5.74) is 1.25. The highest BCUT2D eigenvalue weighted by atomic mass is 16.5. The van der Waals surface area contributed by atoms with Gasteiger partial charge in [-0.1, -0.05) is 5.57 Å². The van der Waals surface area contributed by atoms with Gasteiger partial charge in [-0.2, -0.15) is 0 Å². The van der Waals surface area contributed by atoms with Crippen LogP contribution in [0.2, 0.25) is 0 Å². The van der Waals surface area contributed by atoms with Crippen molar-refractivity contribution in [2.75, 3.05) is 13.2 Å². The van der Waals surface area contributed by atoms with Gasteiger partial charge in [0.2, 0.25) is 5.91 Å². The normalized spacial score (nSPS) is 31.7. The zero-order valence-electron chi connectivity index (χ0n) is 10.4. The first kappa shape index (κ1) is 11.6. The Hall–Kier alpha value is -0.830. The van der Waals surface area contributed by atoms with Crippen molar-refractivity contribution in [2.24, 2.45) is 5.92 Å². The number of nitrogens with zero attached hydrogens (tertiary/aromatic N) is 1. The topological polar surface area (TPSA) is 29.5 Å². The van der Waals surface area contributed by atoms with Gasteiger partial charge in [0.25, 0.3) is 0 Å². The van der Waals surface area contributed by atoms with Gasteiger partial charge in [-0.25, -0.2) is 0 Å². The first-order chi connectivity index (χ1) is 7.58. The van der Waals surface area contributed by atoms with Crippen molar-refractivity contribution >= 4 is 5.91 Å². The van der Waals surface area contributed by atoms with Crippen LogP contribution in [0.1, 0.15) is 33.6 Å². The summed E-state index contributed by atoms with van der Waals surface area (Å²) in [5, 5.41) is 0. The number of ether oxygens (including phenoxy) is 1. The molecule has 16 heavy (non-hydrogen) atoms. The molecular weight excluding hydrogens is 202 g/mol. The van der Waals surface area contributed by atoms with E-state index in [-0.39, 0.29) is 18.1 Å². The van der Waals surface area contributed by atoms with Crippen molar-refractivity contribution < 1.29 is 9.53 Å². The lowest BCUT2D eigenvalue weighted by Gasteiger charge is -2.36. The molecule has 0 bridgehead atoms. The van der Waals surface area contributed by atoms with Crippen LogP contribution in [0.25, 0.3) is 0 Å². The molecule has 2 rings (SSSR count). The van der Waals surface area contributed by atoms with Crippen LogP contribution in [-0.2, 0) is 9.53 Å². The van der Waals surface area contributed by atoms with E-state index in [1.807, 2.05) is 24.8 Å². The van der Waals surface area contributed by atoms with Crippen molar-refractivity contribution in [3.05, 3.63) is 11.6 Å². The molecule has 0 N–H and O–H groups in total. The average Bonchev–Trinajstić information content (AvgIpc) is 3.04. The first-order valence-electron chi connectivity index (χ1n) is 6.18. The number of hydrogen-bond acceptors (Lipinski definition) is 2. The van der Waals surface area contributed by atoms with E-state index in [1.54, 1.807) is 0 Å². The highest BCUT2D eigenvalue weighted by molar-refractivity contribution is 5.88. The lowest BCUT2D eigenvalue weighted by molar-refractivity contribution is -0.137. The van der Waals surface area contributed by atoms with Gasteiger partial charge in [0.15, 0.2) is 0 Å². The van der Waals surface area contributed by atoms with Gasteiger partial charge in [-0.15, -0.1) is 0 Å². The molecule has 2 atom stereocenters. The molecule has 0 aromatic rings. The fourth-order valence-corrected chi connectivity index (χ4v) is 2.14. The Balaban J connectivity index is 1.99. The molecule has 1 heterocycles. The van der Waals surface area contributed by atoms with Crippen LogP contribution in [0.5, 0.6) is 0 Å². The van der Waals surface area contributed by atoms with Crippen molar-refractivity contribution in [1.29, 1.82) is 0 Å². The van der Waals surface area contributed by atoms with Crippen molar-refractivity contribution in [3.8, 4) is 0 Å². The Morgan fingerprint density at radius 1 is 1.38 bits per heavy atom. The third-order valence-corrected chi connectivity index (χ3v) is 3.46. The van der Waals surface area contributed by atoms with Gasteiger partial charge < -0.3 is 9.64 Å². The molecule has 2 aliphatic rings. The molecule has 1 amide bonds. The minimum absolute atomic E-state index is 0.159. The SMILES string of the molecule is C/C(=C/C(=O)N1C[C@H](C)OC[C@H]1C)C1CC1.